The normalized spacial score (nSPS) is 25.0. The average molecular weight is 569 g/mol. The number of aliphatic hydroxyl groups is 2. The van der Waals surface area contributed by atoms with Crippen LogP contribution in [0.3, 0.4) is 0 Å². The molecule has 0 fully saturated rings. The summed E-state index contributed by atoms with van der Waals surface area (Å²) in [6, 6.07) is 0. The summed E-state index contributed by atoms with van der Waals surface area (Å²) in [5.41, 5.74) is 10.1. The Labute approximate surface area is 257 Å². The number of allylic oxidation sites excluding steroid dienone is 20. The van der Waals surface area contributed by atoms with Gasteiger partial charge in [-0.3, -0.25) is 0 Å². The zero-order valence-electron chi connectivity index (χ0n) is 28.0. The quantitative estimate of drug-likeness (QED) is 0.257. The van der Waals surface area contributed by atoms with Gasteiger partial charge in [-0.25, -0.2) is 0 Å². The van der Waals surface area contributed by atoms with E-state index in [1.54, 1.807) is 0 Å². The van der Waals surface area contributed by atoms with Gasteiger partial charge in [0.25, 0.3) is 0 Å². The van der Waals surface area contributed by atoms with Crippen LogP contribution < -0.4 is 0 Å². The van der Waals surface area contributed by atoms with E-state index in [-0.39, 0.29) is 23.0 Å². The van der Waals surface area contributed by atoms with Crippen LogP contribution in [0.5, 0.6) is 0 Å². The van der Waals surface area contributed by atoms with Crippen LogP contribution in [-0.4, -0.2) is 22.4 Å². The summed E-state index contributed by atoms with van der Waals surface area (Å²) >= 11 is 0. The molecule has 0 heterocycles. The van der Waals surface area contributed by atoms with Crippen LogP contribution >= 0.6 is 0 Å². The van der Waals surface area contributed by atoms with Crippen LogP contribution in [0.15, 0.2) is 130 Å². The Morgan fingerprint density at radius 2 is 0.857 bits per heavy atom. The minimum atomic E-state index is -0.227. The van der Waals surface area contributed by atoms with Crippen molar-refractivity contribution in [3.8, 4) is 0 Å². The van der Waals surface area contributed by atoms with Crippen molar-refractivity contribution < 1.29 is 10.2 Å². The van der Waals surface area contributed by atoms with Crippen LogP contribution in [-0.2, 0) is 0 Å². The van der Waals surface area contributed by atoms with Crippen molar-refractivity contribution in [2.45, 2.75) is 107 Å². The highest BCUT2D eigenvalue weighted by Gasteiger charge is 2.32. The zero-order chi connectivity index (χ0) is 31.5. The molecule has 2 aliphatic rings. The molecular weight excluding hydrogens is 512 g/mol. The molecule has 0 saturated heterocycles. The minimum absolute atomic E-state index is 0.00547. The van der Waals surface area contributed by atoms with E-state index in [4.69, 9.17) is 0 Å². The van der Waals surface area contributed by atoms with Crippen LogP contribution in [0, 0.1) is 10.8 Å². The lowest BCUT2D eigenvalue weighted by atomic mass is 9.71. The van der Waals surface area contributed by atoms with Crippen molar-refractivity contribution >= 4 is 0 Å². The zero-order valence-corrected chi connectivity index (χ0v) is 28.0. The van der Waals surface area contributed by atoms with Crippen LogP contribution in [0.2, 0.25) is 0 Å². The van der Waals surface area contributed by atoms with E-state index < -0.39 is 0 Å². The second-order valence-electron chi connectivity index (χ2n) is 13.7. The van der Waals surface area contributed by atoms with Gasteiger partial charge in [-0.2, -0.15) is 0 Å². The van der Waals surface area contributed by atoms with Crippen molar-refractivity contribution in [2.24, 2.45) is 10.8 Å². The molecular formula is C40H56O2. The first-order chi connectivity index (χ1) is 19.6. The maximum atomic E-state index is 10.1. The number of hydrogen-bond donors (Lipinski definition) is 2. The summed E-state index contributed by atoms with van der Waals surface area (Å²) < 4.78 is 0. The van der Waals surface area contributed by atoms with Gasteiger partial charge >= 0.3 is 0 Å². The molecule has 2 atom stereocenters. The molecule has 0 aromatic heterocycles. The molecule has 42 heavy (non-hydrogen) atoms. The molecule has 0 bridgehead atoms. The highest BCUT2D eigenvalue weighted by Crippen LogP contribution is 2.42. The van der Waals surface area contributed by atoms with E-state index in [0.717, 1.165) is 25.7 Å². The summed E-state index contributed by atoms with van der Waals surface area (Å²) in [4.78, 5) is 0. The number of rotatable bonds is 10. The van der Waals surface area contributed by atoms with Gasteiger partial charge < -0.3 is 10.2 Å². The molecule has 2 aliphatic carbocycles. The van der Waals surface area contributed by atoms with E-state index in [9.17, 15) is 10.2 Å². The van der Waals surface area contributed by atoms with E-state index >= 15 is 0 Å². The first-order valence-electron chi connectivity index (χ1n) is 15.5. The molecule has 2 N–H and O–H groups in total. The molecule has 0 unspecified atom stereocenters. The first kappa shape index (κ1) is 35.3. The Hall–Kier alpha value is -2.94. The predicted octanol–water partition coefficient (Wildman–Crippen LogP) is 10.5. The Kier molecular flexibility index (Phi) is 13.5. The van der Waals surface area contributed by atoms with Crippen molar-refractivity contribution in [3.63, 3.8) is 0 Å². The highest BCUT2D eigenvalue weighted by atomic mass is 16.3. The lowest BCUT2D eigenvalue weighted by Gasteiger charge is -2.35. The van der Waals surface area contributed by atoms with Gasteiger partial charge in [-0.05, 0) is 89.2 Å². The third kappa shape index (κ3) is 11.7. The van der Waals surface area contributed by atoms with Gasteiger partial charge in [0.05, 0.1) is 12.2 Å². The molecule has 0 spiro atoms. The summed E-state index contributed by atoms with van der Waals surface area (Å²) in [5, 5.41) is 20.2. The first-order valence-corrected chi connectivity index (χ1v) is 15.5. The summed E-state index contributed by atoms with van der Waals surface area (Å²) in [7, 11) is 0. The average Bonchev–Trinajstić information content (AvgIpc) is 2.84. The summed E-state index contributed by atoms with van der Waals surface area (Å²) in [6.45, 7) is 21.6. The Morgan fingerprint density at radius 1 is 0.548 bits per heavy atom. The van der Waals surface area contributed by atoms with Crippen molar-refractivity contribution in [1.82, 2.24) is 0 Å². The summed E-state index contributed by atoms with van der Waals surface area (Å²) in [5.74, 6) is 0. The van der Waals surface area contributed by atoms with Crippen molar-refractivity contribution in [3.05, 3.63) is 130 Å². The standard InChI is InChI=1S/C40H56O2/c1-29(17-13-19-31(3)21-23-37-33(5)25-35(41)27-39(37,7)8)15-11-12-16-30(2)18-14-20-32(4)22-24-38-34(6)26-36(42)28-40(38,9)10/h11-24,35-36,41-42H,25-28H2,1-10H3/b12-11+,17-13+,18-14+,23-21+,24-22+,29-15+,30-16+,31-19-,32-20+/t35-,36-/m1/s1. The molecule has 0 aliphatic heterocycles. The lowest BCUT2D eigenvalue weighted by molar-refractivity contribution is 0.116. The molecule has 0 aromatic rings. The molecule has 0 saturated carbocycles. The SMILES string of the molecule is CC1=C(/C=C/C(C)=C\C=C\C(C)=C\C=C\C=C(C)\C=C\C=C(C)\C=C\C2=C(C)C[C@@H](O)CC2(C)C)C(C)(C)C[C@H](O)C1. The third-order valence-electron chi connectivity index (χ3n) is 8.24. The van der Waals surface area contributed by atoms with E-state index in [1.165, 1.54) is 44.6 Å². The van der Waals surface area contributed by atoms with Gasteiger partial charge in [-0.1, -0.05) is 146 Å². The van der Waals surface area contributed by atoms with Gasteiger partial charge in [0, 0.05) is 0 Å². The number of hydrogen-bond acceptors (Lipinski definition) is 2. The minimum Gasteiger partial charge on any atom is -0.393 e. The maximum absolute atomic E-state index is 10.1. The topological polar surface area (TPSA) is 40.5 Å². The van der Waals surface area contributed by atoms with Gasteiger partial charge in [0.15, 0.2) is 0 Å². The maximum Gasteiger partial charge on any atom is 0.0585 e. The van der Waals surface area contributed by atoms with E-state index in [2.05, 4.69) is 154 Å². The molecule has 0 radical (unpaired) electrons. The van der Waals surface area contributed by atoms with Crippen LogP contribution in [0.4, 0.5) is 0 Å². The second kappa shape index (κ2) is 16.1. The van der Waals surface area contributed by atoms with E-state index in [0.29, 0.717) is 0 Å². The van der Waals surface area contributed by atoms with Gasteiger partial charge in [-0.15, -0.1) is 0 Å². The van der Waals surface area contributed by atoms with Crippen molar-refractivity contribution in [2.75, 3.05) is 0 Å². The Morgan fingerprint density at radius 3 is 1.19 bits per heavy atom. The third-order valence-corrected chi connectivity index (χ3v) is 8.24. The van der Waals surface area contributed by atoms with Crippen LogP contribution in [0.1, 0.15) is 94.9 Å². The fraction of sp³-hybridized carbons (Fsp3) is 0.450. The van der Waals surface area contributed by atoms with E-state index in [1.807, 2.05) is 0 Å². The molecule has 2 rings (SSSR count). The smallest absolute Gasteiger partial charge is 0.0585 e. The van der Waals surface area contributed by atoms with Gasteiger partial charge in [0.2, 0.25) is 0 Å². The molecule has 228 valence electrons. The monoisotopic (exact) mass is 568 g/mol. The van der Waals surface area contributed by atoms with Crippen molar-refractivity contribution in [1.29, 1.82) is 0 Å². The van der Waals surface area contributed by atoms with Gasteiger partial charge in [0.1, 0.15) is 0 Å². The molecule has 0 amide bonds. The highest BCUT2D eigenvalue weighted by molar-refractivity contribution is 5.39. The Bertz CT molecular complexity index is 1190. The fourth-order valence-corrected chi connectivity index (χ4v) is 6.13. The fourth-order valence-electron chi connectivity index (χ4n) is 6.13. The largest absolute Gasteiger partial charge is 0.393 e. The summed E-state index contributed by atoms with van der Waals surface area (Å²) in [6.07, 6.45) is 32.6. The molecule has 2 nitrogen and oxygen atoms in total. The van der Waals surface area contributed by atoms with Crippen LogP contribution in [0.25, 0.3) is 0 Å². The second-order valence-corrected chi connectivity index (χ2v) is 13.7. The predicted molar refractivity (Wildman–Crippen MR) is 184 cm³/mol. The lowest BCUT2D eigenvalue weighted by Crippen LogP contribution is -2.28. The number of aliphatic hydroxyl groups excluding tert-OH is 2. The Balaban J connectivity index is 1.90. The molecule has 0 aromatic carbocycles. The molecule has 2 heteroatoms.